The van der Waals surface area contributed by atoms with E-state index in [-0.39, 0.29) is 6.04 Å². The van der Waals surface area contributed by atoms with Crippen molar-refractivity contribution in [2.45, 2.75) is 26.5 Å². The minimum atomic E-state index is 0.200. The van der Waals surface area contributed by atoms with E-state index in [2.05, 4.69) is 26.7 Å². The summed E-state index contributed by atoms with van der Waals surface area (Å²) in [6.45, 7) is 4.43. The summed E-state index contributed by atoms with van der Waals surface area (Å²) in [6.07, 6.45) is 1.67. The summed E-state index contributed by atoms with van der Waals surface area (Å²) in [5.41, 5.74) is 4.00. The first-order valence-corrected chi connectivity index (χ1v) is 11.2. The molecular weight excluding hydrogens is 442 g/mol. The molecule has 1 aromatic heterocycles. The number of methoxy groups -OCH3 is 2. The van der Waals surface area contributed by atoms with Gasteiger partial charge in [-0.1, -0.05) is 12.1 Å². The van der Waals surface area contributed by atoms with E-state index < -0.39 is 0 Å². The Morgan fingerprint density at radius 2 is 1.77 bits per heavy atom. The summed E-state index contributed by atoms with van der Waals surface area (Å²) < 4.78 is 16.7. The molecule has 0 atom stereocenters. The number of hydrogen-bond donors (Lipinski definition) is 2. The maximum absolute atomic E-state index is 9.89. The summed E-state index contributed by atoms with van der Waals surface area (Å²) >= 11 is 0. The molecule has 0 saturated heterocycles. The normalized spacial score (nSPS) is 10.6. The molecule has 3 aromatic carbocycles. The Morgan fingerprint density at radius 3 is 2.46 bits per heavy atom. The highest BCUT2D eigenvalue weighted by atomic mass is 16.5. The van der Waals surface area contributed by atoms with Crippen LogP contribution in [0.25, 0.3) is 11.0 Å². The average Bonchev–Trinajstić information content (AvgIpc) is 2.87. The third-order valence-corrected chi connectivity index (χ3v) is 5.26. The van der Waals surface area contributed by atoms with Crippen LogP contribution in [0.3, 0.4) is 0 Å². The molecule has 0 fully saturated rings. The Kier molecular flexibility index (Phi) is 7.17. The van der Waals surface area contributed by atoms with Gasteiger partial charge in [0.05, 0.1) is 31.6 Å². The zero-order valence-corrected chi connectivity index (χ0v) is 20.1. The molecular formula is C27H27N5O3. The highest BCUT2D eigenvalue weighted by Crippen LogP contribution is 2.34. The fraction of sp³-hybridized carbons (Fsp3) is 0.222. The quantitative estimate of drug-likeness (QED) is 0.324. The fourth-order valence-electron chi connectivity index (χ4n) is 3.56. The first kappa shape index (κ1) is 23.6. The van der Waals surface area contributed by atoms with Crippen molar-refractivity contribution in [3.8, 4) is 23.3 Å². The van der Waals surface area contributed by atoms with E-state index in [0.29, 0.717) is 46.2 Å². The van der Waals surface area contributed by atoms with Crippen molar-refractivity contribution in [3.05, 3.63) is 71.9 Å². The fourth-order valence-corrected chi connectivity index (χ4v) is 3.56. The number of fused-ring (bicyclic) bond motifs is 1. The lowest BCUT2D eigenvalue weighted by atomic mass is 10.1. The summed E-state index contributed by atoms with van der Waals surface area (Å²) in [4.78, 5) is 9.05. The zero-order valence-electron chi connectivity index (χ0n) is 20.1. The molecule has 0 bridgehead atoms. The van der Waals surface area contributed by atoms with Crippen LogP contribution in [0.4, 0.5) is 17.2 Å². The highest BCUT2D eigenvalue weighted by Gasteiger charge is 2.13. The minimum absolute atomic E-state index is 0.200. The van der Waals surface area contributed by atoms with Gasteiger partial charge < -0.3 is 24.8 Å². The SMILES string of the molecule is COc1ccc(COc2ccc(Nc3ccc4ncc(NC(C)C)nc4c3C#N)cc2OC)cc1. The van der Waals surface area contributed by atoms with Crippen LogP contribution in [0, 0.1) is 11.3 Å². The van der Waals surface area contributed by atoms with E-state index in [9.17, 15) is 5.26 Å². The summed E-state index contributed by atoms with van der Waals surface area (Å²) in [5.74, 6) is 2.61. The number of anilines is 3. The van der Waals surface area contributed by atoms with Gasteiger partial charge in [0.1, 0.15) is 35.3 Å². The monoisotopic (exact) mass is 469 g/mol. The van der Waals surface area contributed by atoms with Gasteiger partial charge in [-0.05, 0) is 55.8 Å². The largest absolute Gasteiger partial charge is 0.497 e. The first-order chi connectivity index (χ1) is 17.0. The van der Waals surface area contributed by atoms with Crippen molar-refractivity contribution in [2.24, 2.45) is 0 Å². The zero-order chi connectivity index (χ0) is 24.8. The second-order valence-electron chi connectivity index (χ2n) is 8.15. The van der Waals surface area contributed by atoms with Gasteiger partial charge in [-0.3, -0.25) is 4.98 Å². The predicted octanol–water partition coefficient (Wildman–Crippen LogP) is 5.66. The Morgan fingerprint density at radius 1 is 0.971 bits per heavy atom. The van der Waals surface area contributed by atoms with Crippen molar-refractivity contribution in [1.82, 2.24) is 9.97 Å². The molecule has 4 aromatic rings. The Balaban J connectivity index is 1.56. The Labute approximate surface area is 204 Å². The molecule has 0 unspecified atom stereocenters. The average molecular weight is 470 g/mol. The molecule has 0 aliphatic carbocycles. The van der Waals surface area contributed by atoms with Crippen LogP contribution in [0.2, 0.25) is 0 Å². The molecule has 0 saturated carbocycles. The number of nitrogens with zero attached hydrogens (tertiary/aromatic N) is 3. The smallest absolute Gasteiger partial charge is 0.162 e. The molecule has 0 radical (unpaired) electrons. The molecule has 8 heteroatoms. The molecule has 2 N–H and O–H groups in total. The number of aromatic nitrogens is 2. The molecule has 4 rings (SSSR count). The van der Waals surface area contributed by atoms with E-state index in [1.807, 2.05) is 68.4 Å². The molecule has 1 heterocycles. The molecule has 178 valence electrons. The Bertz CT molecular complexity index is 1360. The maximum atomic E-state index is 9.89. The third-order valence-electron chi connectivity index (χ3n) is 5.26. The second-order valence-corrected chi connectivity index (χ2v) is 8.15. The van der Waals surface area contributed by atoms with Crippen molar-refractivity contribution in [1.29, 1.82) is 5.26 Å². The lowest BCUT2D eigenvalue weighted by Crippen LogP contribution is -2.11. The van der Waals surface area contributed by atoms with Crippen molar-refractivity contribution < 1.29 is 14.2 Å². The van der Waals surface area contributed by atoms with Gasteiger partial charge in [0.15, 0.2) is 11.5 Å². The summed E-state index contributed by atoms with van der Waals surface area (Å²) in [6, 6.07) is 19.4. The summed E-state index contributed by atoms with van der Waals surface area (Å²) in [7, 11) is 3.23. The molecule has 0 spiro atoms. The van der Waals surface area contributed by atoms with Gasteiger partial charge >= 0.3 is 0 Å². The number of nitrogens with one attached hydrogen (secondary N) is 2. The van der Waals surface area contributed by atoms with Crippen molar-refractivity contribution >= 4 is 28.2 Å². The standard InChI is InChI=1S/C27H27N5O3/c1-17(2)30-26-15-29-23-11-10-22(21(14-28)27(23)32-26)31-19-7-12-24(25(13-19)34-4)35-16-18-5-8-20(33-3)9-6-18/h5-13,15,17,31H,16H2,1-4H3,(H,30,32). The number of nitriles is 1. The second kappa shape index (κ2) is 10.6. The van der Waals surface area contributed by atoms with Crippen LogP contribution in [-0.2, 0) is 6.61 Å². The van der Waals surface area contributed by atoms with E-state index in [1.54, 1.807) is 20.4 Å². The lowest BCUT2D eigenvalue weighted by molar-refractivity contribution is 0.284. The van der Waals surface area contributed by atoms with Crippen LogP contribution < -0.4 is 24.8 Å². The third kappa shape index (κ3) is 5.53. The Hall–Kier alpha value is -4.51. The lowest BCUT2D eigenvalue weighted by Gasteiger charge is -2.15. The van der Waals surface area contributed by atoms with Gasteiger partial charge in [0.2, 0.25) is 0 Å². The van der Waals surface area contributed by atoms with E-state index in [1.165, 1.54) is 0 Å². The molecule has 0 aliphatic rings. The van der Waals surface area contributed by atoms with Gasteiger partial charge in [-0.25, -0.2) is 4.98 Å². The molecule has 0 aliphatic heterocycles. The van der Waals surface area contributed by atoms with Gasteiger partial charge in [-0.2, -0.15) is 5.26 Å². The minimum Gasteiger partial charge on any atom is -0.497 e. The van der Waals surface area contributed by atoms with Crippen LogP contribution >= 0.6 is 0 Å². The van der Waals surface area contributed by atoms with E-state index in [0.717, 1.165) is 17.0 Å². The molecule has 0 amide bonds. The number of hydrogen-bond acceptors (Lipinski definition) is 8. The van der Waals surface area contributed by atoms with Gasteiger partial charge in [0.25, 0.3) is 0 Å². The highest BCUT2D eigenvalue weighted by molar-refractivity contribution is 5.89. The van der Waals surface area contributed by atoms with Crippen LogP contribution in [0.1, 0.15) is 25.0 Å². The van der Waals surface area contributed by atoms with Gasteiger partial charge in [0, 0.05) is 17.8 Å². The molecule has 8 nitrogen and oxygen atoms in total. The van der Waals surface area contributed by atoms with Crippen LogP contribution in [0.5, 0.6) is 17.2 Å². The number of benzene rings is 3. The topological polar surface area (TPSA) is 101 Å². The van der Waals surface area contributed by atoms with Gasteiger partial charge in [-0.15, -0.1) is 0 Å². The van der Waals surface area contributed by atoms with Crippen molar-refractivity contribution in [2.75, 3.05) is 24.9 Å². The first-order valence-electron chi connectivity index (χ1n) is 11.2. The predicted molar refractivity (Wildman–Crippen MR) is 137 cm³/mol. The summed E-state index contributed by atoms with van der Waals surface area (Å²) in [5, 5.41) is 16.4. The number of rotatable bonds is 9. The van der Waals surface area contributed by atoms with Crippen molar-refractivity contribution in [3.63, 3.8) is 0 Å². The number of ether oxygens (including phenoxy) is 3. The van der Waals surface area contributed by atoms with Crippen LogP contribution in [0.15, 0.2) is 60.8 Å². The van der Waals surface area contributed by atoms with Crippen LogP contribution in [-0.4, -0.2) is 30.2 Å². The van der Waals surface area contributed by atoms with E-state index in [4.69, 9.17) is 14.2 Å². The van der Waals surface area contributed by atoms with E-state index >= 15 is 0 Å². The molecule has 35 heavy (non-hydrogen) atoms. The maximum Gasteiger partial charge on any atom is 0.162 e.